The fraction of sp³-hybridized carbons (Fsp3) is 0.381. The molecule has 0 amide bonds. The fourth-order valence-electron chi connectivity index (χ4n) is 3.49. The Morgan fingerprint density at radius 1 is 1.00 bits per heavy atom. The van der Waals surface area contributed by atoms with E-state index in [1.54, 1.807) is 19.9 Å². The van der Waals surface area contributed by atoms with E-state index in [4.69, 9.17) is 9.84 Å². The van der Waals surface area contributed by atoms with E-state index >= 15 is 0 Å². The SMILES string of the molecule is Cc1cc(S(=O)(=O)Nc2ccc(C)c(S(=O)(=O)N3CCCCC3)c2)ccc1OCC(=O)O. The van der Waals surface area contributed by atoms with Gasteiger partial charge >= 0.3 is 5.97 Å². The summed E-state index contributed by atoms with van der Waals surface area (Å²) in [5, 5.41) is 8.72. The summed E-state index contributed by atoms with van der Waals surface area (Å²) in [4.78, 5) is 10.7. The Bertz CT molecular complexity index is 1220. The lowest BCUT2D eigenvalue weighted by Crippen LogP contribution is -2.36. The summed E-state index contributed by atoms with van der Waals surface area (Å²) in [5.41, 5.74) is 1.12. The highest BCUT2D eigenvalue weighted by molar-refractivity contribution is 7.92. The van der Waals surface area contributed by atoms with Crippen molar-refractivity contribution in [2.45, 2.75) is 42.9 Å². The summed E-state index contributed by atoms with van der Waals surface area (Å²) in [7, 11) is -7.74. The standard InChI is InChI=1S/C21H26N2O7S2/c1-15-6-7-17(13-20(15)32(28,29)23-10-4-3-5-11-23)22-31(26,27)18-8-9-19(16(2)12-18)30-14-21(24)25/h6-9,12-13,22H,3-5,10-11,14H2,1-2H3,(H,24,25). The Morgan fingerprint density at radius 3 is 2.31 bits per heavy atom. The number of ether oxygens (including phenoxy) is 1. The largest absolute Gasteiger partial charge is 0.482 e. The number of piperidine rings is 1. The van der Waals surface area contributed by atoms with E-state index < -0.39 is 32.6 Å². The van der Waals surface area contributed by atoms with E-state index in [-0.39, 0.29) is 21.2 Å². The van der Waals surface area contributed by atoms with Crippen LogP contribution in [0.5, 0.6) is 5.75 Å². The summed E-state index contributed by atoms with van der Waals surface area (Å²) in [6.07, 6.45) is 2.59. The third kappa shape index (κ3) is 5.40. The molecule has 1 aliphatic rings. The number of aryl methyl sites for hydroxylation is 2. The summed E-state index contributed by atoms with van der Waals surface area (Å²) >= 11 is 0. The van der Waals surface area contributed by atoms with Gasteiger partial charge in [-0.1, -0.05) is 12.5 Å². The first-order valence-electron chi connectivity index (χ1n) is 10.1. The molecule has 1 heterocycles. The number of rotatable bonds is 8. The van der Waals surface area contributed by atoms with Gasteiger partial charge in [-0.25, -0.2) is 21.6 Å². The van der Waals surface area contributed by atoms with Crippen LogP contribution in [0.4, 0.5) is 5.69 Å². The van der Waals surface area contributed by atoms with Crippen molar-refractivity contribution in [3.8, 4) is 5.75 Å². The number of anilines is 1. The van der Waals surface area contributed by atoms with Crippen LogP contribution in [0.25, 0.3) is 0 Å². The number of aliphatic carboxylic acids is 1. The summed E-state index contributed by atoms with van der Waals surface area (Å²) < 4.78 is 60.9. The molecular weight excluding hydrogens is 456 g/mol. The van der Waals surface area contributed by atoms with Crippen LogP contribution in [0.15, 0.2) is 46.2 Å². The van der Waals surface area contributed by atoms with Gasteiger partial charge in [0.25, 0.3) is 10.0 Å². The number of sulfonamides is 2. The Hall–Kier alpha value is -2.63. The molecule has 0 radical (unpaired) electrons. The van der Waals surface area contributed by atoms with Crippen molar-refractivity contribution >= 4 is 31.7 Å². The first kappa shape index (κ1) is 24.0. The fourth-order valence-corrected chi connectivity index (χ4v) is 6.39. The molecule has 11 heteroatoms. The lowest BCUT2D eigenvalue weighted by atomic mass is 10.2. The predicted octanol–water partition coefficient (Wildman–Crippen LogP) is 2.74. The number of carboxylic acids is 1. The number of nitrogens with zero attached hydrogens (tertiary/aromatic N) is 1. The van der Waals surface area contributed by atoms with E-state index in [2.05, 4.69) is 4.72 Å². The molecule has 0 spiro atoms. The highest BCUT2D eigenvalue weighted by Gasteiger charge is 2.28. The van der Waals surface area contributed by atoms with Crippen LogP contribution < -0.4 is 9.46 Å². The molecule has 3 rings (SSSR count). The van der Waals surface area contributed by atoms with Crippen molar-refractivity contribution in [1.82, 2.24) is 4.31 Å². The van der Waals surface area contributed by atoms with E-state index in [1.807, 2.05) is 0 Å². The van der Waals surface area contributed by atoms with Crippen molar-refractivity contribution in [3.05, 3.63) is 47.5 Å². The molecule has 9 nitrogen and oxygen atoms in total. The van der Waals surface area contributed by atoms with Crippen LogP contribution in [-0.2, 0) is 24.8 Å². The minimum atomic E-state index is -4.01. The van der Waals surface area contributed by atoms with E-state index in [1.165, 1.54) is 34.6 Å². The number of nitrogens with one attached hydrogen (secondary N) is 1. The normalized spacial score (nSPS) is 15.3. The monoisotopic (exact) mass is 482 g/mol. The van der Waals surface area contributed by atoms with E-state index in [0.717, 1.165) is 19.3 Å². The Balaban J connectivity index is 1.86. The molecule has 1 fully saturated rings. The third-order valence-electron chi connectivity index (χ3n) is 5.18. The molecule has 0 unspecified atom stereocenters. The Labute approximate surface area is 188 Å². The molecule has 0 aromatic heterocycles. The third-order valence-corrected chi connectivity index (χ3v) is 8.60. The molecule has 1 saturated heterocycles. The van der Waals surface area contributed by atoms with Crippen LogP contribution in [0, 0.1) is 13.8 Å². The van der Waals surface area contributed by atoms with Crippen molar-refractivity contribution in [1.29, 1.82) is 0 Å². The number of carbonyl (C=O) groups is 1. The molecule has 0 saturated carbocycles. The van der Waals surface area contributed by atoms with Gasteiger partial charge in [0.15, 0.2) is 6.61 Å². The molecule has 1 aliphatic heterocycles. The number of hydrogen-bond acceptors (Lipinski definition) is 6. The van der Waals surface area contributed by atoms with Crippen molar-refractivity contribution < 1.29 is 31.5 Å². The van der Waals surface area contributed by atoms with Gasteiger partial charge in [0, 0.05) is 13.1 Å². The molecular formula is C21H26N2O7S2. The van der Waals surface area contributed by atoms with Crippen LogP contribution in [0.3, 0.4) is 0 Å². The average molecular weight is 483 g/mol. The van der Waals surface area contributed by atoms with Gasteiger partial charge in [-0.3, -0.25) is 4.72 Å². The number of benzene rings is 2. The molecule has 0 atom stereocenters. The molecule has 2 aromatic carbocycles. The second-order valence-electron chi connectivity index (χ2n) is 7.66. The molecule has 0 aliphatic carbocycles. The van der Waals surface area contributed by atoms with Crippen molar-refractivity contribution in [2.75, 3.05) is 24.4 Å². The zero-order valence-electron chi connectivity index (χ0n) is 17.9. The van der Waals surface area contributed by atoms with Crippen LogP contribution in [-0.4, -0.2) is 51.9 Å². The van der Waals surface area contributed by atoms with Gasteiger partial charge in [0.05, 0.1) is 15.5 Å². The first-order chi connectivity index (χ1) is 15.0. The molecule has 2 aromatic rings. The van der Waals surface area contributed by atoms with Crippen LogP contribution in [0.2, 0.25) is 0 Å². The summed E-state index contributed by atoms with van der Waals surface area (Å²) in [5.74, 6) is -0.881. The predicted molar refractivity (Wildman–Crippen MR) is 119 cm³/mol. The summed E-state index contributed by atoms with van der Waals surface area (Å²) in [6, 6.07) is 8.47. The molecule has 174 valence electrons. The molecule has 2 N–H and O–H groups in total. The maximum absolute atomic E-state index is 13.1. The van der Waals surface area contributed by atoms with Gasteiger partial charge in [0.1, 0.15) is 5.75 Å². The molecule has 0 bridgehead atoms. The first-order valence-corrected chi connectivity index (χ1v) is 13.0. The zero-order chi connectivity index (χ0) is 23.5. The van der Waals surface area contributed by atoms with Gasteiger partial charge in [-0.2, -0.15) is 4.31 Å². The highest BCUT2D eigenvalue weighted by atomic mass is 32.2. The maximum atomic E-state index is 13.1. The maximum Gasteiger partial charge on any atom is 0.341 e. The van der Waals surface area contributed by atoms with Gasteiger partial charge in [-0.15, -0.1) is 0 Å². The second-order valence-corrected chi connectivity index (χ2v) is 11.2. The minimum Gasteiger partial charge on any atom is -0.482 e. The number of carboxylic acid groups (broad SMARTS) is 1. The Kier molecular flexibility index (Phi) is 7.11. The summed E-state index contributed by atoms with van der Waals surface area (Å²) in [6.45, 7) is 3.64. The van der Waals surface area contributed by atoms with Gasteiger partial charge in [0.2, 0.25) is 10.0 Å². The van der Waals surface area contributed by atoms with Crippen molar-refractivity contribution in [2.24, 2.45) is 0 Å². The quantitative estimate of drug-likeness (QED) is 0.592. The number of hydrogen-bond donors (Lipinski definition) is 2. The lowest BCUT2D eigenvalue weighted by molar-refractivity contribution is -0.139. The highest BCUT2D eigenvalue weighted by Crippen LogP contribution is 2.28. The van der Waals surface area contributed by atoms with E-state index in [0.29, 0.717) is 24.2 Å². The lowest BCUT2D eigenvalue weighted by Gasteiger charge is -2.26. The second kappa shape index (κ2) is 9.47. The Morgan fingerprint density at radius 2 is 1.69 bits per heavy atom. The van der Waals surface area contributed by atoms with Crippen molar-refractivity contribution in [3.63, 3.8) is 0 Å². The zero-order valence-corrected chi connectivity index (χ0v) is 19.5. The topological polar surface area (TPSA) is 130 Å². The van der Waals surface area contributed by atoms with Crippen LogP contribution in [0.1, 0.15) is 30.4 Å². The van der Waals surface area contributed by atoms with E-state index in [9.17, 15) is 21.6 Å². The smallest absolute Gasteiger partial charge is 0.341 e. The van der Waals surface area contributed by atoms with Gasteiger partial charge in [-0.05, 0) is 68.1 Å². The van der Waals surface area contributed by atoms with Gasteiger partial charge < -0.3 is 9.84 Å². The minimum absolute atomic E-state index is 0.0568. The average Bonchev–Trinajstić information content (AvgIpc) is 2.74. The van der Waals surface area contributed by atoms with Crippen LogP contribution >= 0.6 is 0 Å². The molecule has 32 heavy (non-hydrogen) atoms.